The van der Waals surface area contributed by atoms with Crippen LogP contribution in [0.3, 0.4) is 0 Å². The van der Waals surface area contributed by atoms with Crippen molar-refractivity contribution in [3.05, 3.63) is 47.7 Å². The van der Waals surface area contributed by atoms with Crippen molar-refractivity contribution >= 4 is 12.6 Å². The van der Waals surface area contributed by atoms with Gasteiger partial charge in [0.05, 0.1) is 16.9 Å². The van der Waals surface area contributed by atoms with E-state index in [1.54, 1.807) is 11.1 Å². The number of aromatic nitrogens is 1. The Morgan fingerprint density at radius 1 is 0.900 bits per heavy atom. The molecule has 5 unspecified atom stereocenters. The number of rotatable bonds is 2. The standard InChI is InChI=1S/C26H30BNO2/c1-24(2)25(3,4)30-27(29-24)19-6-8-23(28-14-19)15-5-7-20-21(10-15)16-9-17-11-18-12-22(20)26(17,18)13-16/h5-8,10,14,16-18,22H,9,11-13H2,1-4H3. The monoisotopic (exact) mass is 399 g/mol. The molecule has 0 N–H and O–H groups in total. The molecule has 2 heterocycles. The van der Waals surface area contributed by atoms with Crippen LogP contribution in [0.1, 0.15) is 76.3 Å². The van der Waals surface area contributed by atoms with Crippen LogP contribution >= 0.6 is 0 Å². The zero-order valence-corrected chi connectivity index (χ0v) is 18.4. The average molecular weight is 399 g/mol. The third-order valence-corrected chi connectivity index (χ3v) is 9.94. The Morgan fingerprint density at radius 3 is 2.37 bits per heavy atom. The minimum absolute atomic E-state index is 0.326. The first kappa shape index (κ1) is 18.0. The fourth-order valence-electron chi connectivity index (χ4n) is 7.58. The molecule has 5 aliphatic rings. The number of hydrogen-bond donors (Lipinski definition) is 0. The number of fused-ring (bicyclic) bond motifs is 4. The van der Waals surface area contributed by atoms with Gasteiger partial charge in [0.1, 0.15) is 0 Å². The molecule has 154 valence electrons. The third-order valence-electron chi connectivity index (χ3n) is 9.94. The topological polar surface area (TPSA) is 31.4 Å². The van der Waals surface area contributed by atoms with E-state index in [1.165, 1.54) is 31.2 Å². The van der Waals surface area contributed by atoms with Crippen LogP contribution in [0.2, 0.25) is 0 Å². The molecule has 4 fully saturated rings. The molecule has 1 aromatic carbocycles. The van der Waals surface area contributed by atoms with E-state index in [-0.39, 0.29) is 18.3 Å². The zero-order chi connectivity index (χ0) is 20.5. The maximum atomic E-state index is 6.18. The van der Waals surface area contributed by atoms with E-state index in [9.17, 15) is 0 Å². The van der Waals surface area contributed by atoms with E-state index < -0.39 is 0 Å². The van der Waals surface area contributed by atoms with Gasteiger partial charge < -0.3 is 9.31 Å². The first-order chi connectivity index (χ1) is 14.3. The van der Waals surface area contributed by atoms with E-state index in [2.05, 4.69) is 58.0 Å². The second-order valence-corrected chi connectivity index (χ2v) is 11.6. The highest BCUT2D eigenvalue weighted by atomic mass is 16.7. The lowest BCUT2D eigenvalue weighted by molar-refractivity contribution is -0.146. The van der Waals surface area contributed by atoms with Gasteiger partial charge in [0.2, 0.25) is 0 Å². The summed E-state index contributed by atoms with van der Waals surface area (Å²) in [5.41, 5.74) is 6.66. The number of pyridine rings is 1. The van der Waals surface area contributed by atoms with E-state index in [0.29, 0.717) is 0 Å². The second kappa shape index (κ2) is 5.39. The fraction of sp³-hybridized carbons (Fsp3) is 0.577. The third kappa shape index (κ3) is 2.03. The van der Waals surface area contributed by atoms with Crippen LogP contribution in [0.5, 0.6) is 0 Å². The molecule has 4 heteroatoms. The molecule has 30 heavy (non-hydrogen) atoms. The van der Waals surface area contributed by atoms with E-state index in [4.69, 9.17) is 14.3 Å². The number of benzene rings is 1. The molecule has 1 saturated heterocycles. The molecule has 4 aliphatic carbocycles. The number of nitrogens with zero attached hydrogens (tertiary/aromatic N) is 1. The molecule has 1 aliphatic heterocycles. The predicted molar refractivity (Wildman–Crippen MR) is 119 cm³/mol. The smallest absolute Gasteiger partial charge is 0.399 e. The minimum Gasteiger partial charge on any atom is -0.399 e. The Balaban J connectivity index is 1.18. The maximum absolute atomic E-state index is 6.18. The summed E-state index contributed by atoms with van der Waals surface area (Å²) in [5, 5.41) is 0. The Kier molecular flexibility index (Phi) is 3.23. The van der Waals surface area contributed by atoms with Crippen molar-refractivity contribution < 1.29 is 9.31 Å². The van der Waals surface area contributed by atoms with Crippen molar-refractivity contribution in [2.75, 3.05) is 0 Å². The molecular formula is C26H30BNO2. The van der Waals surface area contributed by atoms with Gasteiger partial charge in [0, 0.05) is 17.2 Å². The highest BCUT2D eigenvalue weighted by molar-refractivity contribution is 6.62. The fourth-order valence-corrected chi connectivity index (χ4v) is 7.58. The summed E-state index contributed by atoms with van der Waals surface area (Å²) in [7, 11) is -0.350. The van der Waals surface area contributed by atoms with E-state index in [0.717, 1.165) is 40.2 Å². The lowest BCUT2D eigenvalue weighted by Crippen LogP contribution is -2.59. The van der Waals surface area contributed by atoms with Gasteiger partial charge in [-0.2, -0.15) is 0 Å². The molecule has 0 amide bonds. The van der Waals surface area contributed by atoms with Crippen molar-refractivity contribution in [2.24, 2.45) is 17.3 Å². The Labute approximate surface area is 179 Å². The molecule has 1 spiro atoms. The van der Waals surface area contributed by atoms with Crippen LogP contribution in [-0.2, 0) is 9.31 Å². The van der Waals surface area contributed by atoms with Crippen LogP contribution in [0, 0.1) is 17.3 Å². The van der Waals surface area contributed by atoms with Crippen LogP contribution in [0.25, 0.3) is 11.3 Å². The van der Waals surface area contributed by atoms with Gasteiger partial charge in [-0.3, -0.25) is 4.98 Å². The Bertz CT molecular complexity index is 1050. The summed E-state index contributed by atoms with van der Waals surface area (Å²) in [6.07, 6.45) is 7.76. The molecule has 3 saturated carbocycles. The average Bonchev–Trinajstić information content (AvgIpc) is 3.19. The quantitative estimate of drug-likeness (QED) is 0.663. The molecule has 2 aromatic rings. The molecule has 5 atom stereocenters. The summed E-state index contributed by atoms with van der Waals surface area (Å²) in [4.78, 5) is 4.81. The van der Waals surface area contributed by atoms with Gasteiger partial charge in [-0.1, -0.05) is 18.2 Å². The van der Waals surface area contributed by atoms with Crippen molar-refractivity contribution in [1.82, 2.24) is 4.98 Å². The Morgan fingerprint density at radius 2 is 1.67 bits per heavy atom. The van der Waals surface area contributed by atoms with E-state index in [1.807, 2.05) is 6.20 Å². The van der Waals surface area contributed by atoms with Gasteiger partial charge in [0.15, 0.2) is 0 Å². The second-order valence-electron chi connectivity index (χ2n) is 11.6. The van der Waals surface area contributed by atoms with Gasteiger partial charge >= 0.3 is 7.12 Å². The first-order valence-corrected chi connectivity index (χ1v) is 11.7. The molecule has 7 rings (SSSR count). The zero-order valence-electron chi connectivity index (χ0n) is 18.4. The first-order valence-electron chi connectivity index (χ1n) is 11.7. The summed E-state index contributed by atoms with van der Waals surface area (Å²) in [6, 6.07) is 11.4. The summed E-state index contributed by atoms with van der Waals surface area (Å²) in [5.74, 6) is 3.70. The lowest BCUT2D eigenvalue weighted by atomic mass is 9.36. The van der Waals surface area contributed by atoms with Crippen LogP contribution in [0.15, 0.2) is 36.5 Å². The molecule has 1 aromatic heterocycles. The van der Waals surface area contributed by atoms with Crippen molar-refractivity contribution in [3.8, 4) is 11.3 Å². The summed E-state index contributed by atoms with van der Waals surface area (Å²) < 4.78 is 12.4. The largest absolute Gasteiger partial charge is 0.496 e. The van der Waals surface area contributed by atoms with Gasteiger partial charge in [-0.25, -0.2) is 0 Å². The maximum Gasteiger partial charge on any atom is 0.496 e. The highest BCUT2D eigenvalue weighted by Gasteiger charge is 2.71. The molecule has 2 bridgehead atoms. The van der Waals surface area contributed by atoms with Crippen molar-refractivity contribution in [2.45, 2.75) is 76.4 Å². The van der Waals surface area contributed by atoms with Crippen LogP contribution in [0.4, 0.5) is 0 Å². The van der Waals surface area contributed by atoms with Gasteiger partial charge in [0.25, 0.3) is 0 Å². The molecule has 0 radical (unpaired) electrons. The van der Waals surface area contributed by atoms with Crippen LogP contribution in [-0.4, -0.2) is 23.3 Å². The van der Waals surface area contributed by atoms with Gasteiger partial charge in [-0.15, -0.1) is 0 Å². The van der Waals surface area contributed by atoms with Crippen molar-refractivity contribution in [1.29, 1.82) is 0 Å². The minimum atomic E-state index is -0.350. The van der Waals surface area contributed by atoms with Crippen molar-refractivity contribution in [3.63, 3.8) is 0 Å². The normalized spacial score (nSPS) is 38.5. The van der Waals surface area contributed by atoms with E-state index >= 15 is 0 Å². The lowest BCUT2D eigenvalue weighted by Gasteiger charge is -2.68. The SMILES string of the molecule is CC1(C)OB(c2ccc(-c3ccc4c(c3)C3CC5CC6CC4C56C3)nc2)OC1(C)C. The highest BCUT2D eigenvalue weighted by Crippen LogP contribution is 2.81. The Hall–Kier alpha value is -1.65. The summed E-state index contributed by atoms with van der Waals surface area (Å²) >= 11 is 0. The summed E-state index contributed by atoms with van der Waals surface area (Å²) in [6.45, 7) is 8.36. The van der Waals surface area contributed by atoms with Gasteiger partial charge in [-0.05, 0) is 106 Å². The molecule has 3 nitrogen and oxygen atoms in total. The molecular weight excluding hydrogens is 369 g/mol. The predicted octanol–water partition coefficient (Wildman–Crippen LogP) is 5.05. The number of hydrogen-bond acceptors (Lipinski definition) is 3. The van der Waals surface area contributed by atoms with Crippen LogP contribution < -0.4 is 5.46 Å².